The average molecular weight is 124 g/mol. The van der Waals surface area contributed by atoms with Crippen LogP contribution in [0.4, 0.5) is 0 Å². The molecule has 1 saturated carbocycles. The van der Waals surface area contributed by atoms with Gasteiger partial charge in [-0.05, 0) is 37.6 Å². The van der Waals surface area contributed by atoms with Gasteiger partial charge in [0.25, 0.3) is 0 Å². The summed E-state index contributed by atoms with van der Waals surface area (Å²) in [5.41, 5.74) is 0. The van der Waals surface area contributed by atoms with Gasteiger partial charge < -0.3 is 10.8 Å². The molecule has 0 amide bonds. The van der Waals surface area contributed by atoms with Crippen molar-refractivity contribution in [2.75, 3.05) is 0 Å². The monoisotopic (exact) mass is 124 g/mol. The summed E-state index contributed by atoms with van der Waals surface area (Å²) >= 11 is 0. The van der Waals surface area contributed by atoms with Crippen molar-refractivity contribution < 1.29 is 0 Å². The molecule has 50 valence electrons. The van der Waals surface area contributed by atoms with Gasteiger partial charge in [0.2, 0.25) is 0 Å². The first-order valence-electron chi connectivity index (χ1n) is 3.38. The van der Waals surface area contributed by atoms with E-state index in [4.69, 9.17) is 10.8 Å². The molecule has 2 nitrogen and oxygen atoms in total. The third kappa shape index (κ3) is 1.63. The van der Waals surface area contributed by atoms with E-state index in [0.717, 1.165) is 12.3 Å². The lowest BCUT2D eigenvalue weighted by molar-refractivity contribution is 0.642. The zero-order chi connectivity index (χ0) is 6.69. The summed E-state index contributed by atoms with van der Waals surface area (Å²) in [6.45, 7) is 0. The van der Waals surface area contributed by atoms with Crippen LogP contribution in [0.5, 0.6) is 0 Å². The van der Waals surface area contributed by atoms with Gasteiger partial charge in [-0.2, -0.15) is 0 Å². The topological polar surface area (TPSA) is 47.7 Å². The molecule has 1 aliphatic rings. The molecule has 0 spiro atoms. The lowest BCUT2D eigenvalue weighted by Gasteiger charge is -2.03. The Bertz CT molecular complexity index is 116. The van der Waals surface area contributed by atoms with Gasteiger partial charge >= 0.3 is 0 Å². The molecular formula is C7H12N2. The van der Waals surface area contributed by atoms with Gasteiger partial charge in [-0.1, -0.05) is 0 Å². The van der Waals surface area contributed by atoms with Crippen molar-refractivity contribution in [3.63, 3.8) is 0 Å². The zero-order valence-corrected chi connectivity index (χ0v) is 5.43. The van der Waals surface area contributed by atoms with E-state index in [9.17, 15) is 0 Å². The molecule has 9 heavy (non-hydrogen) atoms. The van der Waals surface area contributed by atoms with Crippen LogP contribution >= 0.6 is 0 Å². The van der Waals surface area contributed by atoms with E-state index in [2.05, 4.69) is 0 Å². The molecule has 0 bridgehead atoms. The molecule has 1 rings (SSSR count). The van der Waals surface area contributed by atoms with Crippen LogP contribution in [-0.2, 0) is 0 Å². The van der Waals surface area contributed by atoms with Crippen LogP contribution in [0, 0.1) is 22.7 Å². The van der Waals surface area contributed by atoms with Crippen molar-refractivity contribution in [1.82, 2.24) is 0 Å². The summed E-state index contributed by atoms with van der Waals surface area (Å²) in [6.07, 6.45) is 6.21. The normalized spacial score (nSPS) is 20.9. The van der Waals surface area contributed by atoms with Crippen LogP contribution in [0.2, 0.25) is 0 Å². The van der Waals surface area contributed by atoms with E-state index in [-0.39, 0.29) is 0 Å². The van der Waals surface area contributed by atoms with Crippen molar-refractivity contribution in [2.45, 2.75) is 19.3 Å². The Hall–Kier alpha value is -0.660. The Morgan fingerprint density at radius 2 is 2.11 bits per heavy atom. The van der Waals surface area contributed by atoms with Gasteiger partial charge in [0.1, 0.15) is 0 Å². The number of rotatable bonds is 4. The van der Waals surface area contributed by atoms with E-state index < -0.39 is 0 Å². The smallest absolute Gasteiger partial charge is 0.00126 e. The first-order valence-corrected chi connectivity index (χ1v) is 3.38. The summed E-state index contributed by atoms with van der Waals surface area (Å²) < 4.78 is 0. The van der Waals surface area contributed by atoms with Gasteiger partial charge in [-0.25, -0.2) is 0 Å². The van der Waals surface area contributed by atoms with Crippen LogP contribution in [0.1, 0.15) is 19.3 Å². The van der Waals surface area contributed by atoms with Crippen LogP contribution in [0.15, 0.2) is 0 Å². The molecule has 0 radical (unpaired) electrons. The third-order valence-electron chi connectivity index (χ3n) is 1.83. The molecule has 1 aliphatic carbocycles. The van der Waals surface area contributed by atoms with Crippen LogP contribution in [0.3, 0.4) is 0 Å². The summed E-state index contributed by atoms with van der Waals surface area (Å²) in [5, 5.41) is 13.8. The number of hydrogen-bond donors (Lipinski definition) is 2. The highest BCUT2D eigenvalue weighted by molar-refractivity contribution is 5.65. The van der Waals surface area contributed by atoms with E-state index in [1.807, 2.05) is 0 Å². The summed E-state index contributed by atoms with van der Waals surface area (Å²) in [5.74, 6) is 1.12. The lowest BCUT2D eigenvalue weighted by Crippen LogP contribution is -2.03. The second-order valence-electron chi connectivity index (χ2n) is 2.61. The van der Waals surface area contributed by atoms with Crippen LogP contribution in [0.25, 0.3) is 0 Å². The predicted octanol–water partition coefficient (Wildman–Crippen LogP) is 1.70. The standard InChI is InChI=1S/C7H12N2/c8-4-3-7(5-9)6-1-2-6/h4-9H,1-3H2. The van der Waals surface area contributed by atoms with E-state index >= 15 is 0 Å². The summed E-state index contributed by atoms with van der Waals surface area (Å²) in [4.78, 5) is 0. The van der Waals surface area contributed by atoms with Gasteiger partial charge in [0.15, 0.2) is 0 Å². The fourth-order valence-corrected chi connectivity index (χ4v) is 1.06. The SMILES string of the molecule is N=CCC(C=N)C1CC1. The van der Waals surface area contributed by atoms with Gasteiger partial charge in [0.05, 0.1) is 0 Å². The molecule has 2 heteroatoms. The van der Waals surface area contributed by atoms with E-state index in [1.165, 1.54) is 25.3 Å². The highest BCUT2D eigenvalue weighted by atomic mass is 14.4. The minimum atomic E-state index is 0.377. The first kappa shape index (κ1) is 6.46. The fourth-order valence-electron chi connectivity index (χ4n) is 1.06. The molecule has 0 aromatic rings. The molecule has 0 aromatic carbocycles. The lowest BCUT2D eigenvalue weighted by atomic mass is 10.0. The van der Waals surface area contributed by atoms with Crippen molar-refractivity contribution in [3.8, 4) is 0 Å². The van der Waals surface area contributed by atoms with Gasteiger partial charge in [-0.3, -0.25) is 0 Å². The van der Waals surface area contributed by atoms with Gasteiger partial charge in [-0.15, -0.1) is 0 Å². The molecular weight excluding hydrogens is 112 g/mol. The molecule has 0 saturated heterocycles. The van der Waals surface area contributed by atoms with Gasteiger partial charge in [0, 0.05) is 5.92 Å². The third-order valence-corrected chi connectivity index (χ3v) is 1.83. The number of hydrogen-bond acceptors (Lipinski definition) is 2. The first-order chi connectivity index (χ1) is 4.38. The quantitative estimate of drug-likeness (QED) is 0.536. The second kappa shape index (κ2) is 2.76. The maximum atomic E-state index is 7.01. The van der Waals surface area contributed by atoms with E-state index in [0.29, 0.717) is 5.92 Å². The van der Waals surface area contributed by atoms with Crippen LogP contribution < -0.4 is 0 Å². The Morgan fingerprint density at radius 1 is 1.44 bits per heavy atom. The average Bonchev–Trinajstić information content (AvgIpc) is 2.64. The molecule has 1 atom stereocenters. The van der Waals surface area contributed by atoms with Crippen molar-refractivity contribution >= 4 is 12.4 Å². The Morgan fingerprint density at radius 3 is 2.44 bits per heavy atom. The van der Waals surface area contributed by atoms with Crippen LogP contribution in [-0.4, -0.2) is 12.4 Å². The summed E-state index contributed by atoms with van der Waals surface area (Å²) in [6, 6.07) is 0. The minimum absolute atomic E-state index is 0.377. The zero-order valence-electron chi connectivity index (χ0n) is 5.43. The molecule has 0 aromatic heterocycles. The Labute approximate surface area is 55.3 Å². The molecule has 1 fully saturated rings. The Balaban J connectivity index is 2.28. The largest absolute Gasteiger partial charge is 0.313 e. The molecule has 0 aliphatic heterocycles. The van der Waals surface area contributed by atoms with Crippen molar-refractivity contribution in [1.29, 1.82) is 10.8 Å². The maximum absolute atomic E-state index is 7.01. The second-order valence-corrected chi connectivity index (χ2v) is 2.61. The molecule has 0 heterocycles. The summed E-state index contributed by atoms with van der Waals surface area (Å²) in [7, 11) is 0. The highest BCUT2D eigenvalue weighted by Crippen LogP contribution is 2.36. The molecule has 1 unspecified atom stereocenters. The maximum Gasteiger partial charge on any atom is 0.00126 e. The predicted molar refractivity (Wildman–Crippen MR) is 38.4 cm³/mol. The van der Waals surface area contributed by atoms with Crippen molar-refractivity contribution in [2.24, 2.45) is 11.8 Å². The minimum Gasteiger partial charge on any atom is -0.313 e. The van der Waals surface area contributed by atoms with Crippen molar-refractivity contribution in [3.05, 3.63) is 0 Å². The number of nitrogens with one attached hydrogen (secondary N) is 2. The fraction of sp³-hybridized carbons (Fsp3) is 0.714. The highest BCUT2D eigenvalue weighted by Gasteiger charge is 2.28. The van der Waals surface area contributed by atoms with E-state index in [1.54, 1.807) is 0 Å². The Kier molecular flexibility index (Phi) is 1.98. The molecule has 2 N–H and O–H groups in total.